The van der Waals surface area contributed by atoms with Gasteiger partial charge >= 0.3 is 0 Å². The van der Waals surface area contributed by atoms with Gasteiger partial charge in [0.1, 0.15) is 4.21 Å². The Labute approximate surface area is 134 Å². The summed E-state index contributed by atoms with van der Waals surface area (Å²) in [5, 5.41) is 6.49. The van der Waals surface area contributed by atoms with E-state index in [-0.39, 0.29) is 15.6 Å². The molecule has 0 bridgehead atoms. The summed E-state index contributed by atoms with van der Waals surface area (Å²) < 4.78 is 29.3. The predicted molar refractivity (Wildman–Crippen MR) is 84.1 cm³/mol. The normalized spacial score (nSPS) is 11.4. The predicted octanol–water partition coefficient (Wildman–Crippen LogP) is 1.89. The van der Waals surface area contributed by atoms with Gasteiger partial charge in [-0.05, 0) is 35.0 Å². The Morgan fingerprint density at radius 3 is 2.71 bits per heavy atom. The van der Waals surface area contributed by atoms with Crippen LogP contribution >= 0.6 is 27.3 Å². The van der Waals surface area contributed by atoms with Crippen molar-refractivity contribution in [3.8, 4) is 0 Å². The summed E-state index contributed by atoms with van der Waals surface area (Å²) in [5.41, 5.74) is 0.194. The smallest absolute Gasteiger partial charge is 0.273 e. The average Bonchev–Trinajstić information content (AvgIpc) is 3.04. The lowest BCUT2D eigenvalue weighted by Gasteiger charge is -2.05. The molecule has 2 aromatic rings. The summed E-state index contributed by atoms with van der Waals surface area (Å²) in [6.07, 6.45) is 1.49. The summed E-state index contributed by atoms with van der Waals surface area (Å²) in [6, 6.07) is 3.13. The fourth-order valence-corrected chi connectivity index (χ4v) is 4.64. The first-order chi connectivity index (χ1) is 9.87. The molecule has 21 heavy (non-hydrogen) atoms. The van der Waals surface area contributed by atoms with Crippen molar-refractivity contribution in [3.63, 3.8) is 0 Å². The quantitative estimate of drug-likeness (QED) is 0.812. The molecule has 0 fully saturated rings. The van der Waals surface area contributed by atoms with E-state index in [1.807, 2.05) is 6.92 Å². The van der Waals surface area contributed by atoms with E-state index >= 15 is 0 Å². The van der Waals surface area contributed by atoms with Crippen molar-refractivity contribution in [2.24, 2.45) is 0 Å². The van der Waals surface area contributed by atoms with Crippen LogP contribution in [0, 0.1) is 0 Å². The first-order valence-electron chi connectivity index (χ1n) is 5.95. The Hall–Kier alpha value is -1.39. The van der Waals surface area contributed by atoms with Crippen LogP contribution in [0.5, 0.6) is 0 Å². The van der Waals surface area contributed by atoms with Gasteiger partial charge in [0.05, 0.1) is 9.47 Å². The molecule has 0 saturated carbocycles. The molecule has 0 aliphatic rings. The minimum Gasteiger partial charge on any atom is -0.354 e. The van der Waals surface area contributed by atoms with Crippen LogP contribution in [0.1, 0.15) is 17.4 Å². The number of rotatable bonds is 5. The molecule has 2 rings (SSSR count). The third-order valence-corrected chi connectivity index (χ3v) is 6.07. The van der Waals surface area contributed by atoms with E-state index in [1.54, 1.807) is 6.07 Å². The van der Waals surface area contributed by atoms with Crippen molar-refractivity contribution in [2.45, 2.75) is 17.7 Å². The van der Waals surface area contributed by atoms with Gasteiger partial charge in [0.25, 0.3) is 15.9 Å². The van der Waals surface area contributed by atoms with Crippen LogP contribution < -0.4 is 10.0 Å². The second-order valence-electron chi connectivity index (χ2n) is 3.99. The first-order valence-corrected chi connectivity index (χ1v) is 9.04. The highest BCUT2D eigenvalue weighted by Gasteiger charge is 2.22. The molecule has 0 saturated heterocycles. The van der Waals surface area contributed by atoms with Crippen molar-refractivity contribution in [1.29, 1.82) is 0 Å². The average molecular weight is 393 g/mol. The highest BCUT2D eigenvalue weighted by atomic mass is 79.9. The third kappa shape index (κ3) is 3.44. The van der Waals surface area contributed by atoms with E-state index in [1.165, 1.54) is 24.0 Å². The van der Waals surface area contributed by atoms with Gasteiger partial charge in [-0.1, -0.05) is 0 Å². The molecule has 2 aromatic heterocycles. The number of carbonyl (C=O) groups excluding carboxylic acids is 1. The number of aromatic nitrogens is 2. The number of anilines is 1. The lowest BCUT2D eigenvalue weighted by Crippen LogP contribution is -2.21. The van der Waals surface area contributed by atoms with Gasteiger partial charge in [0.2, 0.25) is 0 Å². The molecule has 0 unspecified atom stereocenters. The largest absolute Gasteiger partial charge is 0.354 e. The topological polar surface area (TPSA) is 93.1 Å². The fraction of sp³-hybridized carbons (Fsp3) is 0.273. The lowest BCUT2D eigenvalue weighted by atomic mass is 10.3. The van der Waals surface area contributed by atoms with Gasteiger partial charge < -0.3 is 5.32 Å². The minimum absolute atomic E-state index is 0.0403. The molecule has 0 aliphatic carbocycles. The monoisotopic (exact) mass is 392 g/mol. The van der Waals surface area contributed by atoms with Crippen LogP contribution in [0.25, 0.3) is 0 Å². The second-order valence-corrected chi connectivity index (χ2v) is 8.36. The van der Waals surface area contributed by atoms with E-state index in [9.17, 15) is 13.2 Å². The van der Waals surface area contributed by atoms with Gasteiger partial charge in [0, 0.05) is 19.8 Å². The Kier molecular flexibility index (Phi) is 4.69. The van der Waals surface area contributed by atoms with Gasteiger partial charge in [-0.25, -0.2) is 8.42 Å². The van der Waals surface area contributed by atoms with Crippen LogP contribution in [0.2, 0.25) is 0 Å². The minimum atomic E-state index is -3.75. The molecule has 0 aromatic carbocycles. The van der Waals surface area contributed by atoms with Crippen LogP contribution in [0.4, 0.5) is 5.69 Å². The number of thiophene rings is 1. The number of hydrogen-bond acceptors (Lipinski definition) is 5. The molecular formula is C11H13BrN4O3S2. The summed E-state index contributed by atoms with van der Waals surface area (Å²) >= 11 is 4.30. The molecule has 2 heterocycles. The van der Waals surface area contributed by atoms with Crippen LogP contribution in [-0.4, -0.2) is 31.2 Å². The molecule has 7 nitrogen and oxygen atoms in total. The molecule has 0 radical (unpaired) electrons. The van der Waals surface area contributed by atoms with E-state index in [0.717, 1.165) is 11.3 Å². The summed E-state index contributed by atoms with van der Waals surface area (Å²) in [5.74, 6) is -0.452. The summed E-state index contributed by atoms with van der Waals surface area (Å²) in [4.78, 5) is 11.8. The molecule has 0 spiro atoms. The number of carbonyl (C=O) groups is 1. The maximum Gasteiger partial charge on any atom is 0.273 e. The highest BCUT2D eigenvalue weighted by molar-refractivity contribution is 9.11. The number of nitrogens with zero attached hydrogens (tertiary/aromatic N) is 2. The maximum atomic E-state index is 12.3. The van der Waals surface area contributed by atoms with Crippen molar-refractivity contribution in [3.05, 3.63) is 27.8 Å². The van der Waals surface area contributed by atoms with E-state index in [4.69, 9.17) is 0 Å². The zero-order valence-corrected chi connectivity index (χ0v) is 14.5. The lowest BCUT2D eigenvalue weighted by molar-refractivity contribution is 0.0958. The van der Waals surface area contributed by atoms with E-state index < -0.39 is 15.9 Å². The summed E-state index contributed by atoms with van der Waals surface area (Å²) in [6.45, 7) is 2.37. The molecular weight excluding hydrogens is 380 g/mol. The molecule has 2 N–H and O–H groups in total. The molecule has 0 atom stereocenters. The first kappa shape index (κ1) is 16.0. The van der Waals surface area contributed by atoms with Gasteiger partial charge in [-0.15, -0.1) is 11.3 Å². The highest BCUT2D eigenvalue weighted by Crippen LogP contribution is 2.28. The number of halogens is 1. The molecule has 0 aliphatic heterocycles. The number of aryl methyl sites for hydroxylation is 1. The van der Waals surface area contributed by atoms with Crippen molar-refractivity contribution in [1.82, 2.24) is 15.1 Å². The number of hydrogen-bond donors (Lipinski definition) is 2. The van der Waals surface area contributed by atoms with Crippen molar-refractivity contribution in [2.75, 3.05) is 11.8 Å². The number of sulfonamides is 1. The molecule has 114 valence electrons. The number of amides is 1. The van der Waals surface area contributed by atoms with Crippen molar-refractivity contribution < 1.29 is 13.2 Å². The molecule has 1 amide bonds. The van der Waals surface area contributed by atoms with Crippen LogP contribution in [0.15, 0.2) is 26.3 Å². The summed E-state index contributed by atoms with van der Waals surface area (Å²) in [7, 11) is -2.29. The zero-order valence-electron chi connectivity index (χ0n) is 11.3. The van der Waals surface area contributed by atoms with Gasteiger partial charge in [0.15, 0.2) is 5.69 Å². The van der Waals surface area contributed by atoms with Gasteiger partial charge in [-0.2, -0.15) is 5.10 Å². The van der Waals surface area contributed by atoms with Crippen molar-refractivity contribution >= 4 is 48.9 Å². The standard InChI is InChI=1S/C11H13BrN4O3S2/c1-3-16-6-7(10(14-16)11(17)13-2)15-21(18,19)9-5-4-8(12)20-9/h4-6,15H,3H2,1-2H3,(H,13,17). The van der Waals surface area contributed by atoms with Crippen LogP contribution in [-0.2, 0) is 16.6 Å². The fourth-order valence-electron chi connectivity index (χ4n) is 1.58. The van der Waals surface area contributed by atoms with E-state index in [2.05, 4.69) is 31.1 Å². The Morgan fingerprint density at radius 1 is 1.48 bits per heavy atom. The second kappa shape index (κ2) is 6.16. The zero-order chi connectivity index (χ0) is 15.6. The Morgan fingerprint density at radius 2 is 2.19 bits per heavy atom. The molecule has 10 heteroatoms. The van der Waals surface area contributed by atoms with E-state index in [0.29, 0.717) is 10.3 Å². The number of nitrogens with one attached hydrogen (secondary N) is 2. The Bertz CT molecular complexity index is 766. The van der Waals surface area contributed by atoms with Crippen LogP contribution in [0.3, 0.4) is 0 Å². The SMILES string of the molecule is CCn1cc(NS(=O)(=O)c2ccc(Br)s2)c(C(=O)NC)n1. The third-order valence-electron chi connectivity index (χ3n) is 2.59. The Balaban J connectivity index is 2.38. The van der Waals surface area contributed by atoms with Gasteiger partial charge in [-0.3, -0.25) is 14.2 Å². The maximum absolute atomic E-state index is 12.3.